The molecule has 25 atom stereocenters. The molecule has 5 aliphatic heterocycles. The van der Waals surface area contributed by atoms with E-state index in [1.54, 1.807) is 0 Å². The summed E-state index contributed by atoms with van der Waals surface area (Å²) in [6.45, 7) is -4.06. The molecule has 0 bridgehead atoms. The van der Waals surface area contributed by atoms with Gasteiger partial charge in [-0.15, -0.1) is 0 Å². The fraction of sp³-hybridized carbons (Fsp3) is 1.00. The molecule has 0 aliphatic carbocycles. The molecule has 0 saturated carbocycles. The Bertz CT molecular complexity index is 1230. The molecule has 0 unspecified atom stereocenters. The fourth-order valence-corrected chi connectivity index (χ4v) is 7.38. The zero-order valence-electron chi connectivity index (χ0n) is 31.2. The minimum Gasteiger partial charge on any atom is -0.394 e. The standard InChI is InChI=1S/C32H56O26/c1-48-24-9(4-34)53-30(21(45)15(24)39)56-26-11(6-36)54-31(22(46)17(26)41)58-27-12(7-50-29-19(43)14(38)13(37)8(3-33)51-29)55-32(23(47)18(27)42)57-25-10(5-35)52-28(49-2)20(44)16(25)40/h8-47H,3-7H2,1-2H3/t8-,9-,10-,11-,12-,13+,14+,15-,16-,17-,18-,19-,20+,21+,22+,23+,24-,25-,26-,27-,28-,29+,30+,31+,32+/m1/s1. The van der Waals surface area contributed by atoms with E-state index in [0.29, 0.717) is 0 Å². The highest BCUT2D eigenvalue weighted by Crippen LogP contribution is 2.35. The molecule has 26 heteroatoms. The van der Waals surface area contributed by atoms with Gasteiger partial charge in [-0.25, -0.2) is 0 Å². The van der Waals surface area contributed by atoms with E-state index in [1.165, 1.54) is 7.11 Å². The molecule has 5 saturated heterocycles. The molecule has 340 valence electrons. The number of hydrogen-bond donors (Lipinski definition) is 15. The molecule has 58 heavy (non-hydrogen) atoms. The van der Waals surface area contributed by atoms with Crippen LogP contribution in [0, 0.1) is 0 Å². The lowest BCUT2D eigenvalue weighted by atomic mass is 9.95. The highest BCUT2D eigenvalue weighted by molar-refractivity contribution is 4.98. The van der Waals surface area contributed by atoms with Crippen molar-refractivity contribution >= 4 is 0 Å². The maximum atomic E-state index is 11.4. The Morgan fingerprint density at radius 1 is 0.328 bits per heavy atom. The van der Waals surface area contributed by atoms with Crippen LogP contribution in [0.1, 0.15) is 0 Å². The highest BCUT2D eigenvalue weighted by atomic mass is 16.8. The number of aliphatic hydroxyl groups is 15. The van der Waals surface area contributed by atoms with E-state index in [-0.39, 0.29) is 0 Å². The Hall–Kier alpha value is -1.04. The first-order valence-corrected chi connectivity index (χ1v) is 18.4. The maximum Gasteiger partial charge on any atom is 0.187 e. The molecule has 15 N–H and O–H groups in total. The zero-order chi connectivity index (χ0) is 42.7. The van der Waals surface area contributed by atoms with Crippen molar-refractivity contribution in [3.8, 4) is 0 Å². The summed E-state index contributed by atoms with van der Waals surface area (Å²) < 4.78 is 60.7. The molecule has 0 amide bonds. The van der Waals surface area contributed by atoms with Crippen LogP contribution in [-0.2, 0) is 52.1 Å². The summed E-state index contributed by atoms with van der Waals surface area (Å²) in [5, 5.41) is 158. The van der Waals surface area contributed by atoms with E-state index in [2.05, 4.69) is 0 Å². The third-order valence-corrected chi connectivity index (χ3v) is 10.8. The van der Waals surface area contributed by atoms with Gasteiger partial charge in [0.2, 0.25) is 0 Å². The topological polar surface area (TPSA) is 405 Å². The molecule has 0 radical (unpaired) electrons. The Morgan fingerprint density at radius 3 is 1.07 bits per heavy atom. The van der Waals surface area contributed by atoms with Gasteiger partial charge >= 0.3 is 0 Å². The van der Waals surface area contributed by atoms with Gasteiger partial charge in [-0.3, -0.25) is 0 Å². The maximum absolute atomic E-state index is 11.4. The predicted molar refractivity (Wildman–Crippen MR) is 176 cm³/mol. The summed E-state index contributed by atoms with van der Waals surface area (Å²) in [6.07, 6.45) is -43.5. The van der Waals surface area contributed by atoms with Gasteiger partial charge in [-0.1, -0.05) is 0 Å². The van der Waals surface area contributed by atoms with E-state index in [0.717, 1.165) is 7.11 Å². The van der Waals surface area contributed by atoms with Gasteiger partial charge in [-0.05, 0) is 0 Å². The summed E-state index contributed by atoms with van der Waals surface area (Å²) in [4.78, 5) is 0. The van der Waals surface area contributed by atoms with Crippen LogP contribution >= 0.6 is 0 Å². The monoisotopic (exact) mass is 856 g/mol. The summed E-state index contributed by atoms with van der Waals surface area (Å²) in [5.74, 6) is 0. The quantitative estimate of drug-likeness (QED) is 0.0727. The SMILES string of the molecule is CO[C@@H]1O[C@H](CO)[C@@H](O[C@@H]2O[C@H](CO[C@H]3O[C@H](CO)[C@H](O)[C@H](O)[C@H]3O)[C@@H](O[C@@H]3O[C@H](CO)[C@@H](O[C@@H]4O[C@H](CO)[C@@H](OC)[C@H](O)[C@@H]4O)[C@H](O)[C@@H]3O)[C@H](O)[C@@H]2O)[C@H](O)[C@@H]1O. The lowest BCUT2D eigenvalue weighted by Gasteiger charge is -2.49. The van der Waals surface area contributed by atoms with Crippen molar-refractivity contribution in [2.24, 2.45) is 0 Å². The number of hydrogen-bond acceptors (Lipinski definition) is 26. The summed E-state index contributed by atoms with van der Waals surface area (Å²) in [6, 6.07) is 0. The van der Waals surface area contributed by atoms with Gasteiger partial charge in [0.1, 0.15) is 122 Å². The van der Waals surface area contributed by atoms with E-state index in [9.17, 15) is 76.6 Å². The van der Waals surface area contributed by atoms with E-state index >= 15 is 0 Å². The van der Waals surface area contributed by atoms with Crippen LogP contribution in [0.2, 0.25) is 0 Å². The van der Waals surface area contributed by atoms with Crippen molar-refractivity contribution < 1.29 is 129 Å². The Labute approximate surface area is 329 Å². The second-order valence-electron chi connectivity index (χ2n) is 14.4. The van der Waals surface area contributed by atoms with Gasteiger partial charge in [-0.2, -0.15) is 0 Å². The molecule has 0 aromatic carbocycles. The number of aliphatic hydroxyl groups excluding tert-OH is 15. The van der Waals surface area contributed by atoms with Gasteiger partial charge < -0.3 is 129 Å². The average molecular weight is 857 g/mol. The van der Waals surface area contributed by atoms with Crippen molar-refractivity contribution in [3.63, 3.8) is 0 Å². The Morgan fingerprint density at radius 2 is 0.655 bits per heavy atom. The van der Waals surface area contributed by atoms with Gasteiger partial charge in [0, 0.05) is 14.2 Å². The van der Waals surface area contributed by atoms with Crippen molar-refractivity contribution in [2.45, 2.75) is 154 Å². The molecule has 26 nitrogen and oxygen atoms in total. The zero-order valence-corrected chi connectivity index (χ0v) is 31.2. The van der Waals surface area contributed by atoms with Crippen molar-refractivity contribution in [1.29, 1.82) is 0 Å². The van der Waals surface area contributed by atoms with Gasteiger partial charge in [0.15, 0.2) is 31.5 Å². The fourth-order valence-electron chi connectivity index (χ4n) is 7.38. The number of ether oxygens (including phenoxy) is 11. The third-order valence-electron chi connectivity index (χ3n) is 10.8. The van der Waals surface area contributed by atoms with Crippen molar-refractivity contribution in [1.82, 2.24) is 0 Å². The van der Waals surface area contributed by atoms with Gasteiger partial charge in [0.05, 0.1) is 33.0 Å². The minimum atomic E-state index is -2.11. The van der Waals surface area contributed by atoms with E-state index < -0.39 is 187 Å². The third kappa shape index (κ3) is 9.77. The van der Waals surface area contributed by atoms with E-state index in [1.807, 2.05) is 0 Å². The predicted octanol–water partition coefficient (Wildman–Crippen LogP) is -10.6. The van der Waals surface area contributed by atoms with Gasteiger partial charge in [0.25, 0.3) is 0 Å². The second kappa shape index (κ2) is 20.9. The van der Waals surface area contributed by atoms with Crippen LogP contribution < -0.4 is 0 Å². The molecule has 5 fully saturated rings. The molecule has 5 heterocycles. The lowest BCUT2D eigenvalue weighted by Crippen LogP contribution is -2.68. The van der Waals surface area contributed by atoms with Crippen molar-refractivity contribution in [2.75, 3.05) is 47.3 Å². The molecule has 5 aliphatic rings. The van der Waals surface area contributed by atoms with Crippen LogP contribution in [0.5, 0.6) is 0 Å². The van der Waals surface area contributed by atoms with Crippen LogP contribution in [0.4, 0.5) is 0 Å². The minimum absolute atomic E-state index is 0.689. The summed E-state index contributed by atoms with van der Waals surface area (Å²) >= 11 is 0. The normalized spacial score (nSPS) is 51.8. The molecular weight excluding hydrogens is 800 g/mol. The van der Waals surface area contributed by atoms with Crippen molar-refractivity contribution in [3.05, 3.63) is 0 Å². The van der Waals surface area contributed by atoms with Crippen LogP contribution in [0.3, 0.4) is 0 Å². The second-order valence-corrected chi connectivity index (χ2v) is 14.4. The average Bonchev–Trinajstić information content (AvgIpc) is 3.22. The molecule has 5 rings (SSSR count). The lowest BCUT2D eigenvalue weighted by molar-refractivity contribution is -0.391. The summed E-state index contributed by atoms with van der Waals surface area (Å²) in [7, 11) is 2.36. The number of rotatable bonds is 15. The molecule has 0 spiro atoms. The number of methoxy groups -OCH3 is 2. The van der Waals surface area contributed by atoms with Crippen LogP contribution in [0.25, 0.3) is 0 Å². The first-order chi connectivity index (χ1) is 27.6. The first-order valence-electron chi connectivity index (χ1n) is 18.4. The largest absolute Gasteiger partial charge is 0.394 e. The van der Waals surface area contributed by atoms with Crippen LogP contribution in [-0.4, -0.2) is 277 Å². The van der Waals surface area contributed by atoms with E-state index in [4.69, 9.17) is 52.1 Å². The Kier molecular flexibility index (Phi) is 17.3. The Balaban J connectivity index is 1.35. The molecule has 0 aromatic rings. The highest BCUT2D eigenvalue weighted by Gasteiger charge is 2.56. The first kappa shape index (κ1) is 48.0. The van der Waals surface area contributed by atoms with Crippen LogP contribution in [0.15, 0.2) is 0 Å². The molecular formula is C32H56O26. The summed E-state index contributed by atoms with van der Waals surface area (Å²) in [5.41, 5.74) is 0. The molecule has 0 aromatic heterocycles. The smallest absolute Gasteiger partial charge is 0.187 e.